The summed E-state index contributed by atoms with van der Waals surface area (Å²) in [6.45, 7) is 4.65. The quantitative estimate of drug-likeness (QED) is 0.729. The van der Waals surface area contributed by atoms with Gasteiger partial charge in [-0.3, -0.25) is 9.58 Å². The SMILES string of the molecule is CC(O)c1cnc(CN2CCC(c3nccc(-c4cnn(C)c4)n3)CC2)s1. The van der Waals surface area contributed by atoms with Crippen molar-refractivity contribution in [3.05, 3.63) is 46.6 Å². The van der Waals surface area contributed by atoms with Crippen LogP contribution in [-0.2, 0) is 13.6 Å². The Morgan fingerprint density at radius 3 is 2.74 bits per heavy atom. The van der Waals surface area contributed by atoms with Crippen LogP contribution in [0.5, 0.6) is 0 Å². The molecule has 0 spiro atoms. The minimum atomic E-state index is -0.439. The Morgan fingerprint density at radius 2 is 2.07 bits per heavy atom. The maximum atomic E-state index is 9.65. The van der Waals surface area contributed by atoms with Crippen LogP contribution < -0.4 is 0 Å². The standard InChI is InChI=1S/C19H24N6OS/c1-13(26)17-10-21-18(27-17)12-25-7-4-14(5-8-25)19-20-6-3-16(23-19)15-9-22-24(2)11-15/h3,6,9-11,13-14,26H,4-5,7-8,12H2,1-2H3. The van der Waals surface area contributed by atoms with Crippen LogP contribution in [0.2, 0.25) is 0 Å². The lowest BCUT2D eigenvalue weighted by Crippen LogP contribution is -2.32. The van der Waals surface area contributed by atoms with Gasteiger partial charge in [-0.1, -0.05) is 0 Å². The summed E-state index contributed by atoms with van der Waals surface area (Å²) in [5, 5.41) is 14.9. The molecule has 1 aliphatic heterocycles. The Balaban J connectivity index is 1.37. The number of likely N-dealkylation sites (tertiary alicyclic amines) is 1. The molecule has 1 N–H and O–H groups in total. The van der Waals surface area contributed by atoms with Gasteiger partial charge in [0.05, 0.1) is 29.4 Å². The zero-order valence-corrected chi connectivity index (χ0v) is 16.4. The van der Waals surface area contributed by atoms with Crippen molar-refractivity contribution in [2.45, 2.75) is 38.3 Å². The maximum Gasteiger partial charge on any atom is 0.132 e. The third-order valence-corrected chi connectivity index (χ3v) is 6.12. The Kier molecular flexibility index (Phi) is 5.29. The molecule has 3 aromatic heterocycles. The lowest BCUT2D eigenvalue weighted by molar-refractivity contribution is 0.201. The summed E-state index contributed by atoms with van der Waals surface area (Å²) in [5.74, 6) is 1.32. The van der Waals surface area contributed by atoms with Crippen LogP contribution in [0.25, 0.3) is 11.3 Å². The van der Waals surface area contributed by atoms with Gasteiger partial charge in [0, 0.05) is 37.1 Å². The predicted molar refractivity (Wildman–Crippen MR) is 104 cm³/mol. The molecule has 1 unspecified atom stereocenters. The molecule has 0 saturated carbocycles. The van der Waals surface area contributed by atoms with Gasteiger partial charge in [-0.25, -0.2) is 15.0 Å². The number of aryl methyl sites for hydroxylation is 1. The number of rotatable bonds is 5. The monoisotopic (exact) mass is 384 g/mol. The van der Waals surface area contributed by atoms with Gasteiger partial charge in [-0.05, 0) is 38.9 Å². The molecule has 1 atom stereocenters. The highest BCUT2D eigenvalue weighted by Crippen LogP contribution is 2.29. The smallest absolute Gasteiger partial charge is 0.132 e. The lowest BCUT2D eigenvalue weighted by atomic mass is 9.96. The minimum absolute atomic E-state index is 0.391. The van der Waals surface area contributed by atoms with E-state index in [0.717, 1.165) is 59.4 Å². The molecule has 0 amide bonds. The summed E-state index contributed by atoms with van der Waals surface area (Å²) in [4.78, 5) is 17.1. The first kappa shape index (κ1) is 18.2. The molecule has 4 rings (SSSR count). The van der Waals surface area contributed by atoms with Crippen molar-refractivity contribution in [2.75, 3.05) is 13.1 Å². The highest BCUT2D eigenvalue weighted by molar-refractivity contribution is 7.11. The summed E-state index contributed by atoms with van der Waals surface area (Å²) >= 11 is 1.60. The van der Waals surface area contributed by atoms with Crippen LogP contribution in [0.15, 0.2) is 30.9 Å². The van der Waals surface area contributed by atoms with E-state index in [9.17, 15) is 5.11 Å². The Labute approximate surface area is 162 Å². The second kappa shape index (κ2) is 7.84. The van der Waals surface area contributed by atoms with Gasteiger partial charge < -0.3 is 5.11 Å². The highest BCUT2D eigenvalue weighted by Gasteiger charge is 2.24. The molecular formula is C19H24N6OS. The minimum Gasteiger partial charge on any atom is -0.388 e. The molecular weight excluding hydrogens is 360 g/mol. The first-order chi connectivity index (χ1) is 13.1. The molecule has 8 heteroatoms. The molecule has 1 fully saturated rings. The number of thiazole rings is 1. The van der Waals surface area contributed by atoms with Crippen LogP contribution in [0.1, 0.15) is 47.5 Å². The van der Waals surface area contributed by atoms with Crippen LogP contribution in [0, 0.1) is 0 Å². The second-order valence-electron chi connectivity index (χ2n) is 7.09. The number of nitrogens with zero attached hydrogens (tertiary/aromatic N) is 6. The Bertz CT molecular complexity index is 897. The summed E-state index contributed by atoms with van der Waals surface area (Å²) < 4.78 is 1.79. The third kappa shape index (κ3) is 4.23. The number of hydrogen-bond acceptors (Lipinski definition) is 7. The number of aliphatic hydroxyl groups is 1. The van der Waals surface area contributed by atoms with E-state index in [1.54, 1.807) is 29.1 Å². The van der Waals surface area contributed by atoms with Gasteiger partial charge in [0.2, 0.25) is 0 Å². The molecule has 0 bridgehead atoms. The maximum absolute atomic E-state index is 9.65. The summed E-state index contributed by atoms with van der Waals surface area (Å²) in [6, 6.07) is 1.94. The first-order valence-corrected chi connectivity index (χ1v) is 10.1. The zero-order valence-electron chi connectivity index (χ0n) is 15.6. The van der Waals surface area contributed by atoms with Crippen LogP contribution in [0.4, 0.5) is 0 Å². The van der Waals surface area contributed by atoms with E-state index in [-0.39, 0.29) is 0 Å². The van der Waals surface area contributed by atoms with E-state index in [4.69, 9.17) is 4.98 Å². The van der Waals surface area contributed by atoms with Crippen molar-refractivity contribution in [1.29, 1.82) is 0 Å². The first-order valence-electron chi connectivity index (χ1n) is 9.25. The summed E-state index contributed by atoms with van der Waals surface area (Å²) in [6.07, 6.45) is 9.11. The molecule has 27 heavy (non-hydrogen) atoms. The molecule has 7 nitrogen and oxygen atoms in total. The number of aliphatic hydroxyl groups excluding tert-OH is 1. The van der Waals surface area contributed by atoms with Crippen molar-refractivity contribution in [1.82, 2.24) is 29.6 Å². The van der Waals surface area contributed by atoms with E-state index in [1.165, 1.54) is 0 Å². The molecule has 3 aromatic rings. The van der Waals surface area contributed by atoms with E-state index in [2.05, 4.69) is 20.0 Å². The van der Waals surface area contributed by atoms with E-state index < -0.39 is 6.10 Å². The van der Waals surface area contributed by atoms with Gasteiger partial charge in [0.1, 0.15) is 10.8 Å². The van der Waals surface area contributed by atoms with Crippen LogP contribution in [-0.4, -0.2) is 47.8 Å². The fraction of sp³-hybridized carbons (Fsp3) is 0.474. The fourth-order valence-corrected chi connectivity index (χ4v) is 4.32. The van der Waals surface area contributed by atoms with Crippen molar-refractivity contribution < 1.29 is 5.11 Å². The third-order valence-electron chi connectivity index (χ3n) is 4.97. The van der Waals surface area contributed by atoms with Crippen LogP contribution >= 0.6 is 11.3 Å². The lowest BCUT2D eigenvalue weighted by Gasteiger charge is -2.30. The normalized spacial score (nSPS) is 17.3. The molecule has 0 aliphatic carbocycles. The highest BCUT2D eigenvalue weighted by atomic mass is 32.1. The Hall–Kier alpha value is -2.16. The second-order valence-corrected chi connectivity index (χ2v) is 8.23. The summed E-state index contributed by atoms with van der Waals surface area (Å²) in [7, 11) is 1.91. The van der Waals surface area contributed by atoms with E-state index in [0.29, 0.717) is 5.92 Å². The average Bonchev–Trinajstić information content (AvgIpc) is 3.32. The molecule has 0 radical (unpaired) electrons. The van der Waals surface area contributed by atoms with Gasteiger partial charge in [0.25, 0.3) is 0 Å². The molecule has 4 heterocycles. The van der Waals surface area contributed by atoms with Gasteiger partial charge in [-0.2, -0.15) is 5.10 Å². The van der Waals surface area contributed by atoms with Gasteiger partial charge in [-0.15, -0.1) is 11.3 Å². The number of hydrogen-bond donors (Lipinski definition) is 1. The molecule has 0 aromatic carbocycles. The van der Waals surface area contributed by atoms with Crippen molar-refractivity contribution >= 4 is 11.3 Å². The van der Waals surface area contributed by atoms with Gasteiger partial charge >= 0.3 is 0 Å². The molecule has 142 valence electrons. The van der Waals surface area contributed by atoms with Crippen LogP contribution in [0.3, 0.4) is 0 Å². The van der Waals surface area contributed by atoms with Crippen molar-refractivity contribution in [2.24, 2.45) is 7.05 Å². The van der Waals surface area contributed by atoms with Crippen molar-refractivity contribution in [3.8, 4) is 11.3 Å². The topological polar surface area (TPSA) is 80.0 Å². The molecule has 1 saturated heterocycles. The van der Waals surface area contributed by atoms with E-state index in [1.807, 2.05) is 31.7 Å². The van der Waals surface area contributed by atoms with Gasteiger partial charge in [0.15, 0.2) is 0 Å². The van der Waals surface area contributed by atoms with E-state index >= 15 is 0 Å². The van der Waals surface area contributed by atoms with Crippen molar-refractivity contribution in [3.63, 3.8) is 0 Å². The average molecular weight is 385 g/mol. The largest absolute Gasteiger partial charge is 0.388 e. The summed E-state index contributed by atoms with van der Waals surface area (Å²) in [5.41, 5.74) is 1.96. The molecule has 1 aliphatic rings. The Morgan fingerprint density at radius 1 is 1.26 bits per heavy atom. The fourth-order valence-electron chi connectivity index (χ4n) is 3.42. The number of piperidine rings is 1. The number of aromatic nitrogens is 5. The predicted octanol–water partition coefficient (Wildman–Crippen LogP) is 2.77. The zero-order chi connectivity index (χ0) is 18.8.